The van der Waals surface area contributed by atoms with Gasteiger partial charge in [-0.15, -0.1) is 0 Å². The number of benzene rings is 1. The van der Waals surface area contributed by atoms with Crippen LogP contribution in [0.3, 0.4) is 0 Å². The Labute approximate surface area is 192 Å². The van der Waals surface area contributed by atoms with Crippen LogP contribution in [0.1, 0.15) is 45.8 Å². The van der Waals surface area contributed by atoms with Gasteiger partial charge in [0.2, 0.25) is 5.91 Å². The number of carbonyl (C=O) groups excluding carboxylic acids is 3. The lowest BCUT2D eigenvalue weighted by molar-refractivity contribution is -0.131. The second-order valence-corrected chi connectivity index (χ2v) is 10.2. The average molecular weight is 474 g/mol. The molecule has 3 amide bonds. The van der Waals surface area contributed by atoms with Crippen molar-refractivity contribution in [3.8, 4) is 0 Å². The minimum Gasteiger partial charge on any atom is -0.341 e. The van der Waals surface area contributed by atoms with Gasteiger partial charge in [-0.25, -0.2) is 13.4 Å². The molecule has 0 bridgehead atoms. The summed E-state index contributed by atoms with van der Waals surface area (Å²) in [6.45, 7) is 3.17. The lowest BCUT2D eigenvalue weighted by Crippen LogP contribution is -2.38. The van der Waals surface area contributed by atoms with Crippen molar-refractivity contribution in [2.24, 2.45) is 7.05 Å². The van der Waals surface area contributed by atoms with E-state index < -0.39 is 10.0 Å². The number of fused-ring (bicyclic) bond motifs is 1. The molecular weight excluding hydrogens is 446 g/mol. The Kier molecular flexibility index (Phi) is 6.35. The van der Waals surface area contributed by atoms with E-state index in [1.807, 2.05) is 0 Å². The van der Waals surface area contributed by atoms with Crippen molar-refractivity contribution in [1.29, 1.82) is 0 Å². The zero-order valence-corrected chi connectivity index (χ0v) is 19.5. The SMILES string of the molecule is Cc1nc(S(=O)(=O)N2CCCN(C(=O)CCCN3C(=O)c4ccccc4C3=O)CC2)cn1C. The van der Waals surface area contributed by atoms with Gasteiger partial charge in [0, 0.05) is 52.4 Å². The summed E-state index contributed by atoms with van der Waals surface area (Å²) in [5, 5.41) is 0.0169. The Morgan fingerprint density at radius 1 is 1.03 bits per heavy atom. The summed E-state index contributed by atoms with van der Waals surface area (Å²) < 4.78 is 28.9. The number of rotatable bonds is 6. The summed E-state index contributed by atoms with van der Waals surface area (Å²) >= 11 is 0. The highest BCUT2D eigenvalue weighted by atomic mass is 32.2. The number of imide groups is 1. The molecule has 1 aromatic carbocycles. The van der Waals surface area contributed by atoms with E-state index in [9.17, 15) is 22.8 Å². The van der Waals surface area contributed by atoms with Gasteiger partial charge >= 0.3 is 0 Å². The number of nitrogens with zero attached hydrogens (tertiary/aromatic N) is 5. The third kappa shape index (κ3) is 4.42. The van der Waals surface area contributed by atoms with Crippen LogP contribution >= 0.6 is 0 Å². The van der Waals surface area contributed by atoms with Crippen LogP contribution in [-0.4, -0.2) is 82.5 Å². The Morgan fingerprint density at radius 3 is 2.30 bits per heavy atom. The maximum Gasteiger partial charge on any atom is 0.262 e. The second kappa shape index (κ2) is 9.06. The summed E-state index contributed by atoms with van der Waals surface area (Å²) in [5.74, 6) is -0.162. The number of sulfonamides is 1. The highest BCUT2D eigenvalue weighted by Gasteiger charge is 2.35. The van der Waals surface area contributed by atoms with E-state index in [2.05, 4.69) is 4.98 Å². The Bertz CT molecular complexity index is 1150. The van der Waals surface area contributed by atoms with E-state index in [4.69, 9.17) is 0 Å². The van der Waals surface area contributed by atoms with Crippen LogP contribution in [0.2, 0.25) is 0 Å². The lowest BCUT2D eigenvalue weighted by atomic mass is 10.1. The maximum atomic E-state index is 12.9. The molecule has 10 nitrogen and oxygen atoms in total. The molecule has 4 rings (SSSR count). The molecule has 11 heteroatoms. The number of aromatic nitrogens is 2. The summed E-state index contributed by atoms with van der Waals surface area (Å²) in [6.07, 6.45) is 2.56. The van der Waals surface area contributed by atoms with Crippen molar-refractivity contribution in [2.75, 3.05) is 32.7 Å². The van der Waals surface area contributed by atoms with E-state index in [1.54, 1.807) is 47.7 Å². The van der Waals surface area contributed by atoms with E-state index in [-0.39, 0.29) is 48.8 Å². The summed E-state index contributed by atoms with van der Waals surface area (Å²) in [7, 11) is -1.98. The molecule has 0 aliphatic carbocycles. The molecule has 2 aromatic rings. The number of amides is 3. The number of carbonyl (C=O) groups is 3. The van der Waals surface area contributed by atoms with Crippen molar-refractivity contribution >= 4 is 27.7 Å². The third-order valence-corrected chi connectivity index (χ3v) is 7.92. The molecule has 1 fully saturated rings. The van der Waals surface area contributed by atoms with Gasteiger partial charge in [0.1, 0.15) is 5.82 Å². The molecule has 3 heterocycles. The second-order valence-electron chi connectivity index (χ2n) is 8.29. The summed E-state index contributed by atoms with van der Waals surface area (Å²) in [6, 6.07) is 6.69. The molecule has 176 valence electrons. The average Bonchev–Trinajstić information content (AvgIpc) is 3.12. The lowest BCUT2D eigenvalue weighted by Gasteiger charge is -2.22. The van der Waals surface area contributed by atoms with E-state index in [1.165, 1.54) is 15.4 Å². The molecule has 0 spiro atoms. The van der Waals surface area contributed by atoms with Crippen LogP contribution in [0, 0.1) is 6.92 Å². The minimum atomic E-state index is -3.72. The third-order valence-electron chi connectivity index (χ3n) is 6.15. The molecule has 33 heavy (non-hydrogen) atoms. The number of imidazole rings is 1. The smallest absolute Gasteiger partial charge is 0.262 e. The molecule has 1 aromatic heterocycles. The highest BCUT2D eigenvalue weighted by molar-refractivity contribution is 7.89. The quantitative estimate of drug-likeness (QED) is 0.579. The fourth-order valence-corrected chi connectivity index (χ4v) is 5.65. The topological polar surface area (TPSA) is 113 Å². The van der Waals surface area contributed by atoms with Crippen molar-refractivity contribution in [1.82, 2.24) is 23.7 Å². The Hall–Kier alpha value is -3.05. The first kappa shape index (κ1) is 23.1. The molecule has 0 saturated carbocycles. The first-order chi connectivity index (χ1) is 15.7. The van der Waals surface area contributed by atoms with Gasteiger partial charge in [-0.1, -0.05) is 12.1 Å². The predicted octanol–water partition coefficient (Wildman–Crippen LogP) is 1.03. The van der Waals surface area contributed by atoms with Crippen LogP contribution < -0.4 is 0 Å². The normalized spacial score (nSPS) is 17.4. The van der Waals surface area contributed by atoms with Gasteiger partial charge in [0.05, 0.1) is 11.1 Å². The van der Waals surface area contributed by atoms with Crippen molar-refractivity contribution < 1.29 is 22.8 Å². The van der Waals surface area contributed by atoms with Gasteiger partial charge in [0.15, 0.2) is 5.03 Å². The fraction of sp³-hybridized carbons (Fsp3) is 0.455. The highest BCUT2D eigenvalue weighted by Crippen LogP contribution is 2.23. The summed E-state index contributed by atoms with van der Waals surface area (Å²) in [4.78, 5) is 44.6. The Morgan fingerprint density at radius 2 is 1.70 bits per heavy atom. The van der Waals surface area contributed by atoms with E-state index in [0.29, 0.717) is 42.9 Å². The molecule has 0 N–H and O–H groups in total. The summed E-state index contributed by atoms with van der Waals surface area (Å²) in [5.41, 5.74) is 0.788. The first-order valence-electron chi connectivity index (χ1n) is 10.9. The fourth-order valence-electron chi connectivity index (χ4n) is 4.16. The standard InChI is InChI=1S/C22H27N5O5S/c1-16-23-19(15-24(16)2)33(31,32)26-11-6-10-25(13-14-26)20(28)9-5-12-27-21(29)17-7-3-4-8-18(17)22(27)30/h3-4,7-8,15H,5-6,9-14H2,1-2H3. The number of aryl methyl sites for hydroxylation is 2. The van der Waals surface area contributed by atoms with E-state index >= 15 is 0 Å². The van der Waals surface area contributed by atoms with Crippen molar-refractivity contribution in [3.05, 3.63) is 47.4 Å². The monoisotopic (exact) mass is 473 g/mol. The molecule has 2 aliphatic heterocycles. The van der Waals surface area contributed by atoms with Gasteiger partial charge in [0.25, 0.3) is 21.8 Å². The van der Waals surface area contributed by atoms with Gasteiger partial charge in [-0.2, -0.15) is 4.31 Å². The van der Waals surface area contributed by atoms with Crippen LogP contribution in [0.4, 0.5) is 0 Å². The van der Waals surface area contributed by atoms with Gasteiger partial charge in [-0.05, 0) is 31.9 Å². The molecule has 0 atom stereocenters. The van der Waals surface area contributed by atoms with Crippen molar-refractivity contribution in [3.63, 3.8) is 0 Å². The zero-order valence-electron chi connectivity index (χ0n) is 18.7. The zero-order chi connectivity index (χ0) is 23.8. The van der Waals surface area contributed by atoms with Crippen LogP contribution in [0.25, 0.3) is 0 Å². The van der Waals surface area contributed by atoms with Crippen molar-refractivity contribution in [2.45, 2.75) is 31.2 Å². The van der Waals surface area contributed by atoms with Crippen LogP contribution in [0.15, 0.2) is 35.5 Å². The molecule has 0 unspecified atom stereocenters. The van der Waals surface area contributed by atoms with Gasteiger partial charge < -0.3 is 9.47 Å². The molecule has 1 saturated heterocycles. The number of hydrogen-bond acceptors (Lipinski definition) is 6. The molecule has 0 radical (unpaired) electrons. The largest absolute Gasteiger partial charge is 0.341 e. The van der Waals surface area contributed by atoms with E-state index in [0.717, 1.165) is 0 Å². The van der Waals surface area contributed by atoms with Crippen LogP contribution in [-0.2, 0) is 21.9 Å². The number of hydrogen-bond donors (Lipinski definition) is 0. The van der Waals surface area contributed by atoms with Crippen LogP contribution in [0.5, 0.6) is 0 Å². The van der Waals surface area contributed by atoms with Gasteiger partial charge in [-0.3, -0.25) is 19.3 Å². The maximum absolute atomic E-state index is 12.9. The minimum absolute atomic E-state index is 0.0169. The Balaban J connectivity index is 1.30. The predicted molar refractivity (Wildman–Crippen MR) is 119 cm³/mol. The molecular formula is C22H27N5O5S. The molecule has 2 aliphatic rings. The first-order valence-corrected chi connectivity index (χ1v) is 12.4.